The summed E-state index contributed by atoms with van der Waals surface area (Å²) in [5.41, 5.74) is 5.91. The molecule has 1 aromatic rings. The first-order valence-corrected chi connectivity index (χ1v) is 6.12. The maximum absolute atomic E-state index is 10.6. The highest BCUT2D eigenvalue weighted by Gasteiger charge is 2.02. The molecule has 0 radical (unpaired) electrons. The zero-order valence-corrected chi connectivity index (χ0v) is 10.9. The summed E-state index contributed by atoms with van der Waals surface area (Å²) in [4.78, 5) is 19.0. The second-order valence-electron chi connectivity index (χ2n) is 3.95. The molecule has 3 N–H and O–H groups in total. The monoisotopic (exact) mass is 252 g/mol. The van der Waals surface area contributed by atoms with E-state index in [9.17, 15) is 4.79 Å². The minimum absolute atomic E-state index is 0.263. The van der Waals surface area contributed by atoms with Crippen LogP contribution in [0.25, 0.3) is 0 Å². The maximum Gasteiger partial charge on any atom is 0.226 e. The van der Waals surface area contributed by atoms with Crippen molar-refractivity contribution in [1.82, 2.24) is 9.97 Å². The number of ether oxygens (including phenoxy) is 1. The summed E-state index contributed by atoms with van der Waals surface area (Å²) < 4.78 is 5.33. The van der Waals surface area contributed by atoms with Crippen LogP contribution in [0.4, 0.5) is 5.95 Å². The number of nitrogens with zero attached hydrogens (tertiary/aromatic N) is 2. The molecule has 1 rings (SSSR count). The lowest BCUT2D eigenvalue weighted by atomic mass is 10.2. The second kappa shape index (κ2) is 7.47. The molecule has 0 aliphatic heterocycles. The third kappa shape index (κ3) is 5.47. The second-order valence-corrected chi connectivity index (χ2v) is 3.95. The fourth-order valence-electron chi connectivity index (χ4n) is 1.46. The Labute approximate surface area is 107 Å². The van der Waals surface area contributed by atoms with Gasteiger partial charge in [0.1, 0.15) is 0 Å². The molecule has 0 atom stereocenters. The number of carbonyl (C=O) groups is 1. The van der Waals surface area contributed by atoms with Crippen LogP contribution >= 0.6 is 0 Å². The average molecular weight is 252 g/mol. The van der Waals surface area contributed by atoms with E-state index in [1.54, 1.807) is 6.07 Å². The van der Waals surface area contributed by atoms with E-state index in [0.717, 1.165) is 18.5 Å². The van der Waals surface area contributed by atoms with Crippen LogP contribution < -0.4 is 15.8 Å². The molecule has 0 fully saturated rings. The van der Waals surface area contributed by atoms with Crippen molar-refractivity contribution in [3.8, 4) is 5.88 Å². The van der Waals surface area contributed by atoms with Crippen LogP contribution in [0.1, 0.15) is 31.9 Å². The molecule has 0 aromatic carbocycles. The van der Waals surface area contributed by atoms with E-state index in [2.05, 4.69) is 15.3 Å². The number of nitrogens with two attached hydrogens (primary N) is 1. The highest BCUT2D eigenvalue weighted by Crippen LogP contribution is 2.11. The smallest absolute Gasteiger partial charge is 0.226 e. The third-order valence-corrected chi connectivity index (χ3v) is 2.26. The van der Waals surface area contributed by atoms with Crippen LogP contribution in [0.5, 0.6) is 5.88 Å². The SMILES string of the molecule is CCOc1cc(C)nc(NCCCCC(N)=O)n1. The summed E-state index contributed by atoms with van der Waals surface area (Å²) in [6.45, 7) is 5.09. The minimum Gasteiger partial charge on any atom is -0.478 e. The predicted molar refractivity (Wildman–Crippen MR) is 69.5 cm³/mol. The topological polar surface area (TPSA) is 90.1 Å². The van der Waals surface area contributed by atoms with E-state index >= 15 is 0 Å². The van der Waals surface area contributed by atoms with Crippen molar-refractivity contribution in [2.45, 2.75) is 33.1 Å². The van der Waals surface area contributed by atoms with Gasteiger partial charge in [0.25, 0.3) is 0 Å². The summed E-state index contributed by atoms with van der Waals surface area (Å²) in [6.07, 6.45) is 2.04. The molecule has 1 aromatic heterocycles. The number of anilines is 1. The summed E-state index contributed by atoms with van der Waals surface area (Å²) in [7, 11) is 0. The maximum atomic E-state index is 10.6. The van der Waals surface area contributed by atoms with Crippen LogP contribution in [-0.2, 0) is 4.79 Å². The fourth-order valence-corrected chi connectivity index (χ4v) is 1.46. The standard InChI is InChI=1S/C12H20N4O2/c1-3-18-11-8-9(2)15-12(16-11)14-7-5-4-6-10(13)17/h8H,3-7H2,1-2H3,(H2,13,17)(H,14,15,16). The molecule has 0 aliphatic rings. The van der Waals surface area contributed by atoms with Gasteiger partial charge in [0.15, 0.2) is 0 Å². The molecule has 0 saturated carbocycles. The molecule has 1 amide bonds. The molecule has 0 aliphatic carbocycles. The van der Waals surface area contributed by atoms with Gasteiger partial charge in [-0.2, -0.15) is 4.98 Å². The molecular formula is C12H20N4O2. The number of unbranched alkanes of at least 4 members (excludes halogenated alkanes) is 1. The summed E-state index contributed by atoms with van der Waals surface area (Å²) in [5, 5.41) is 3.10. The van der Waals surface area contributed by atoms with Crippen LogP contribution in [0.2, 0.25) is 0 Å². The predicted octanol–water partition coefficient (Wildman–Crippen LogP) is 1.25. The van der Waals surface area contributed by atoms with Crippen molar-refractivity contribution in [3.63, 3.8) is 0 Å². The lowest BCUT2D eigenvalue weighted by Crippen LogP contribution is -2.11. The first-order valence-electron chi connectivity index (χ1n) is 6.12. The van der Waals surface area contributed by atoms with Gasteiger partial charge in [-0.15, -0.1) is 0 Å². The molecule has 1 heterocycles. The van der Waals surface area contributed by atoms with Gasteiger partial charge < -0.3 is 15.8 Å². The van der Waals surface area contributed by atoms with E-state index in [1.165, 1.54) is 0 Å². The Bertz CT molecular complexity index is 396. The average Bonchev–Trinajstić information content (AvgIpc) is 2.28. The van der Waals surface area contributed by atoms with Gasteiger partial charge in [-0.3, -0.25) is 4.79 Å². The highest BCUT2D eigenvalue weighted by molar-refractivity contribution is 5.73. The molecule has 18 heavy (non-hydrogen) atoms. The van der Waals surface area contributed by atoms with Gasteiger partial charge in [0.05, 0.1) is 6.61 Å². The van der Waals surface area contributed by atoms with Crippen molar-refractivity contribution in [3.05, 3.63) is 11.8 Å². The number of amides is 1. The quantitative estimate of drug-likeness (QED) is 0.679. The van der Waals surface area contributed by atoms with E-state index in [0.29, 0.717) is 31.4 Å². The van der Waals surface area contributed by atoms with E-state index in [4.69, 9.17) is 10.5 Å². The van der Waals surface area contributed by atoms with Crippen molar-refractivity contribution in [1.29, 1.82) is 0 Å². The molecular weight excluding hydrogens is 232 g/mol. The number of hydrogen-bond donors (Lipinski definition) is 2. The number of hydrogen-bond acceptors (Lipinski definition) is 5. The van der Waals surface area contributed by atoms with Gasteiger partial charge in [0.2, 0.25) is 17.7 Å². The van der Waals surface area contributed by atoms with Gasteiger partial charge in [-0.25, -0.2) is 4.98 Å². The Morgan fingerprint density at radius 3 is 2.89 bits per heavy atom. The van der Waals surface area contributed by atoms with E-state index in [1.807, 2.05) is 13.8 Å². The largest absolute Gasteiger partial charge is 0.478 e. The summed E-state index contributed by atoms with van der Waals surface area (Å²) >= 11 is 0. The Morgan fingerprint density at radius 2 is 2.22 bits per heavy atom. The first-order chi connectivity index (χ1) is 8.61. The zero-order chi connectivity index (χ0) is 13.4. The van der Waals surface area contributed by atoms with E-state index < -0.39 is 0 Å². The lowest BCUT2D eigenvalue weighted by molar-refractivity contribution is -0.118. The molecule has 0 saturated heterocycles. The molecule has 0 unspecified atom stereocenters. The molecule has 0 bridgehead atoms. The summed E-state index contributed by atoms with van der Waals surface area (Å²) in [6, 6.07) is 1.79. The van der Waals surface area contributed by atoms with Crippen LogP contribution in [0.15, 0.2) is 6.07 Å². The number of aryl methyl sites for hydroxylation is 1. The van der Waals surface area contributed by atoms with Crippen molar-refractivity contribution in [2.75, 3.05) is 18.5 Å². The molecule has 6 heteroatoms. The third-order valence-electron chi connectivity index (χ3n) is 2.26. The first kappa shape index (κ1) is 14.2. The van der Waals surface area contributed by atoms with Gasteiger partial charge in [-0.1, -0.05) is 0 Å². The Morgan fingerprint density at radius 1 is 1.44 bits per heavy atom. The van der Waals surface area contributed by atoms with Crippen molar-refractivity contribution >= 4 is 11.9 Å². The number of nitrogens with one attached hydrogen (secondary N) is 1. The number of primary amides is 1. The number of carbonyl (C=O) groups excluding carboxylic acids is 1. The fraction of sp³-hybridized carbons (Fsp3) is 0.583. The van der Waals surface area contributed by atoms with Crippen molar-refractivity contribution in [2.24, 2.45) is 5.73 Å². The lowest BCUT2D eigenvalue weighted by Gasteiger charge is -2.08. The molecule has 100 valence electrons. The zero-order valence-electron chi connectivity index (χ0n) is 10.9. The van der Waals surface area contributed by atoms with Crippen LogP contribution in [-0.4, -0.2) is 29.0 Å². The van der Waals surface area contributed by atoms with Crippen LogP contribution in [0.3, 0.4) is 0 Å². The normalized spacial score (nSPS) is 10.1. The molecule has 6 nitrogen and oxygen atoms in total. The Kier molecular flexibility index (Phi) is 5.90. The minimum atomic E-state index is -0.263. The van der Waals surface area contributed by atoms with Gasteiger partial charge in [-0.05, 0) is 26.7 Å². The van der Waals surface area contributed by atoms with Gasteiger partial charge >= 0.3 is 0 Å². The Hall–Kier alpha value is -1.85. The highest BCUT2D eigenvalue weighted by atomic mass is 16.5. The van der Waals surface area contributed by atoms with Crippen LogP contribution in [0, 0.1) is 6.92 Å². The Balaban J connectivity index is 2.39. The van der Waals surface area contributed by atoms with E-state index in [-0.39, 0.29) is 5.91 Å². The summed E-state index contributed by atoms with van der Waals surface area (Å²) in [5.74, 6) is 0.864. The van der Waals surface area contributed by atoms with Crippen molar-refractivity contribution < 1.29 is 9.53 Å². The number of aromatic nitrogens is 2. The van der Waals surface area contributed by atoms with Gasteiger partial charge in [0, 0.05) is 24.7 Å². The molecule has 0 spiro atoms. The number of rotatable bonds is 8.